The number of amides is 2. The Morgan fingerprint density at radius 3 is 2.19 bits per heavy atom. The third-order valence-electron chi connectivity index (χ3n) is 4.07. The molecule has 0 aromatic heterocycles. The van der Waals surface area contributed by atoms with Crippen molar-refractivity contribution < 1.29 is 27.5 Å². The summed E-state index contributed by atoms with van der Waals surface area (Å²) in [5, 5.41) is 5.17. The van der Waals surface area contributed by atoms with E-state index in [0.29, 0.717) is 16.3 Å². The minimum Gasteiger partial charge on any atom is -0.484 e. The first-order chi connectivity index (χ1) is 15.3. The first kappa shape index (κ1) is 23.2. The van der Waals surface area contributed by atoms with E-state index in [1.807, 2.05) is 6.07 Å². The molecule has 0 bridgehead atoms. The topological polar surface area (TPSA) is 67.4 Å². The number of carbonyl (C=O) groups is 2. The molecule has 0 fully saturated rings. The minimum atomic E-state index is -4.48. The Hall–Kier alpha value is -3.46. The van der Waals surface area contributed by atoms with Gasteiger partial charge in [-0.25, -0.2) is 0 Å². The molecule has 3 rings (SSSR count). The molecule has 0 radical (unpaired) electrons. The Morgan fingerprint density at radius 2 is 1.47 bits per heavy atom. The Kier molecular flexibility index (Phi) is 7.77. The molecule has 166 valence electrons. The van der Waals surface area contributed by atoms with Crippen molar-refractivity contribution in [2.24, 2.45) is 0 Å². The fourth-order valence-electron chi connectivity index (χ4n) is 2.65. The summed E-state index contributed by atoms with van der Waals surface area (Å²) in [4.78, 5) is 24.9. The molecule has 9 heteroatoms. The highest BCUT2D eigenvalue weighted by atomic mass is 32.2. The molecule has 0 heterocycles. The summed E-state index contributed by atoms with van der Waals surface area (Å²) < 4.78 is 43.7. The number of rotatable bonds is 8. The number of nitrogens with one attached hydrogen (secondary N) is 2. The number of carbonyl (C=O) groups excluding carboxylic acids is 2. The molecule has 0 saturated heterocycles. The van der Waals surface area contributed by atoms with E-state index in [-0.39, 0.29) is 24.0 Å². The molecule has 32 heavy (non-hydrogen) atoms. The lowest BCUT2D eigenvalue weighted by Gasteiger charge is -2.10. The number of para-hydroxylation sites is 1. The van der Waals surface area contributed by atoms with Gasteiger partial charge in [-0.3, -0.25) is 9.59 Å². The van der Waals surface area contributed by atoms with Crippen molar-refractivity contribution in [1.29, 1.82) is 0 Å². The summed E-state index contributed by atoms with van der Waals surface area (Å²) in [5.41, 5.74) is -0.220. The number of ether oxygens (including phenoxy) is 1. The van der Waals surface area contributed by atoms with E-state index in [1.165, 1.54) is 23.9 Å². The van der Waals surface area contributed by atoms with Crippen LogP contribution in [0.15, 0.2) is 83.8 Å². The highest BCUT2D eigenvalue weighted by molar-refractivity contribution is 8.00. The maximum atomic E-state index is 12.8. The van der Waals surface area contributed by atoms with Gasteiger partial charge in [0.2, 0.25) is 5.91 Å². The molecule has 0 saturated carbocycles. The quantitative estimate of drug-likeness (QED) is 0.439. The second-order valence-electron chi connectivity index (χ2n) is 6.59. The molecule has 0 aliphatic rings. The van der Waals surface area contributed by atoms with Gasteiger partial charge in [0, 0.05) is 16.3 Å². The van der Waals surface area contributed by atoms with Crippen molar-refractivity contribution in [1.82, 2.24) is 0 Å². The van der Waals surface area contributed by atoms with Gasteiger partial charge in [0.15, 0.2) is 6.61 Å². The average Bonchev–Trinajstić information content (AvgIpc) is 2.77. The Morgan fingerprint density at radius 1 is 0.812 bits per heavy atom. The maximum Gasteiger partial charge on any atom is 0.416 e. The number of thioether (sulfide) groups is 1. The zero-order chi connectivity index (χ0) is 23.0. The van der Waals surface area contributed by atoms with Gasteiger partial charge >= 0.3 is 6.18 Å². The molecule has 3 aromatic rings. The lowest BCUT2D eigenvalue weighted by molar-refractivity contribution is -0.137. The van der Waals surface area contributed by atoms with E-state index in [4.69, 9.17) is 4.74 Å². The molecule has 0 atom stereocenters. The predicted molar refractivity (Wildman–Crippen MR) is 118 cm³/mol. The van der Waals surface area contributed by atoms with E-state index < -0.39 is 17.6 Å². The number of alkyl halides is 3. The summed E-state index contributed by atoms with van der Waals surface area (Å²) >= 11 is 1.19. The third kappa shape index (κ3) is 7.35. The van der Waals surface area contributed by atoms with Gasteiger partial charge in [-0.1, -0.05) is 30.3 Å². The van der Waals surface area contributed by atoms with Crippen LogP contribution in [0.1, 0.15) is 5.56 Å². The zero-order valence-electron chi connectivity index (χ0n) is 16.7. The molecule has 5 nitrogen and oxygen atoms in total. The van der Waals surface area contributed by atoms with Gasteiger partial charge in [-0.2, -0.15) is 13.2 Å². The number of anilines is 2. The normalized spacial score (nSPS) is 11.0. The van der Waals surface area contributed by atoms with Gasteiger partial charge < -0.3 is 15.4 Å². The lowest BCUT2D eigenvalue weighted by atomic mass is 10.2. The Bertz CT molecular complexity index is 1080. The van der Waals surface area contributed by atoms with Crippen molar-refractivity contribution in [3.63, 3.8) is 0 Å². The monoisotopic (exact) mass is 460 g/mol. The van der Waals surface area contributed by atoms with Crippen LogP contribution < -0.4 is 15.4 Å². The van der Waals surface area contributed by atoms with Crippen molar-refractivity contribution >= 4 is 35.0 Å². The standard InChI is InChI=1S/C23H19F3N2O3S/c24-23(25,26)16-6-4-7-17(12-16)28-22(30)15-32-20-11-5-8-18(13-20)27-21(29)14-31-19-9-2-1-3-10-19/h1-13H,14-15H2,(H,27,29)(H,28,30). The van der Waals surface area contributed by atoms with Crippen LogP contribution in [0.3, 0.4) is 0 Å². The van der Waals surface area contributed by atoms with Crippen LogP contribution in [-0.4, -0.2) is 24.2 Å². The van der Waals surface area contributed by atoms with Crippen LogP contribution >= 0.6 is 11.8 Å². The van der Waals surface area contributed by atoms with E-state index in [2.05, 4.69) is 10.6 Å². The van der Waals surface area contributed by atoms with Gasteiger partial charge in [-0.15, -0.1) is 11.8 Å². The highest BCUT2D eigenvalue weighted by Gasteiger charge is 2.30. The second kappa shape index (κ2) is 10.7. The van der Waals surface area contributed by atoms with Gasteiger partial charge in [0.05, 0.1) is 11.3 Å². The molecular weight excluding hydrogens is 441 g/mol. The fourth-order valence-corrected chi connectivity index (χ4v) is 3.40. The predicted octanol–water partition coefficient (Wildman–Crippen LogP) is 5.45. The van der Waals surface area contributed by atoms with Crippen molar-refractivity contribution in [3.8, 4) is 5.75 Å². The van der Waals surface area contributed by atoms with Crippen molar-refractivity contribution in [2.75, 3.05) is 23.0 Å². The molecule has 0 aliphatic carbocycles. The maximum absolute atomic E-state index is 12.8. The first-order valence-corrected chi connectivity index (χ1v) is 10.5. The SMILES string of the molecule is O=C(COc1ccccc1)Nc1cccc(SCC(=O)Nc2cccc(C(F)(F)F)c2)c1. The summed E-state index contributed by atoms with van der Waals surface area (Å²) in [6.07, 6.45) is -4.48. The molecule has 3 aromatic carbocycles. The molecule has 2 N–H and O–H groups in total. The van der Waals surface area contributed by atoms with Crippen LogP contribution in [0.4, 0.5) is 24.5 Å². The molecule has 0 spiro atoms. The van der Waals surface area contributed by atoms with E-state index in [1.54, 1.807) is 48.5 Å². The van der Waals surface area contributed by atoms with Gasteiger partial charge in [-0.05, 0) is 48.5 Å². The van der Waals surface area contributed by atoms with E-state index in [0.717, 1.165) is 12.1 Å². The van der Waals surface area contributed by atoms with Gasteiger partial charge in [0.25, 0.3) is 5.91 Å². The van der Waals surface area contributed by atoms with Crippen LogP contribution in [0, 0.1) is 0 Å². The molecule has 0 unspecified atom stereocenters. The summed E-state index contributed by atoms with van der Waals surface area (Å²) in [5.74, 6) is -0.206. The number of halogens is 3. The zero-order valence-corrected chi connectivity index (χ0v) is 17.5. The van der Waals surface area contributed by atoms with E-state index >= 15 is 0 Å². The summed E-state index contributed by atoms with van der Waals surface area (Å²) in [7, 11) is 0. The summed E-state index contributed by atoms with van der Waals surface area (Å²) in [6, 6.07) is 20.3. The van der Waals surface area contributed by atoms with Crippen molar-refractivity contribution in [3.05, 3.63) is 84.4 Å². The Balaban J connectivity index is 1.49. The van der Waals surface area contributed by atoms with Crippen LogP contribution in [-0.2, 0) is 15.8 Å². The molecule has 2 amide bonds. The van der Waals surface area contributed by atoms with Crippen molar-refractivity contribution in [2.45, 2.75) is 11.1 Å². The minimum absolute atomic E-state index is 0.00916. The molecular formula is C23H19F3N2O3S. The number of benzene rings is 3. The third-order valence-corrected chi connectivity index (χ3v) is 5.07. The van der Waals surface area contributed by atoms with Crippen LogP contribution in [0.5, 0.6) is 5.75 Å². The fraction of sp³-hybridized carbons (Fsp3) is 0.130. The first-order valence-electron chi connectivity index (χ1n) is 9.47. The average molecular weight is 460 g/mol. The van der Waals surface area contributed by atoms with E-state index in [9.17, 15) is 22.8 Å². The number of hydrogen-bond acceptors (Lipinski definition) is 4. The molecule has 0 aliphatic heterocycles. The Labute approximate surface area is 187 Å². The lowest BCUT2D eigenvalue weighted by Crippen LogP contribution is -2.20. The van der Waals surface area contributed by atoms with Gasteiger partial charge in [0.1, 0.15) is 5.75 Å². The summed E-state index contributed by atoms with van der Waals surface area (Å²) in [6.45, 7) is -0.152. The highest BCUT2D eigenvalue weighted by Crippen LogP contribution is 2.30. The second-order valence-corrected chi connectivity index (χ2v) is 7.64. The van der Waals surface area contributed by atoms with Crippen LogP contribution in [0.25, 0.3) is 0 Å². The largest absolute Gasteiger partial charge is 0.484 e. The number of hydrogen-bond donors (Lipinski definition) is 2. The smallest absolute Gasteiger partial charge is 0.416 e. The van der Waals surface area contributed by atoms with Crippen LogP contribution in [0.2, 0.25) is 0 Å².